The molecule has 0 aliphatic carbocycles. The number of hydrogen-bond acceptors (Lipinski definition) is 25. The minimum Gasteiger partial charge on any atom is -0.497 e. The molecule has 5 aromatic carbocycles. The zero-order valence-corrected chi connectivity index (χ0v) is 89.5. The van der Waals surface area contributed by atoms with Crippen LogP contribution in [0.15, 0.2) is 201 Å². The van der Waals surface area contributed by atoms with Gasteiger partial charge in [-0.05, 0) is 269 Å². The Hall–Kier alpha value is -15.5. The summed E-state index contributed by atoms with van der Waals surface area (Å²) >= 11 is 6.32. The van der Waals surface area contributed by atoms with E-state index in [0.717, 1.165) is 75.7 Å². The van der Waals surface area contributed by atoms with E-state index in [-0.39, 0.29) is 129 Å². The predicted octanol–water partition coefficient (Wildman–Crippen LogP) is 23.0. The second kappa shape index (κ2) is 50.7. The number of benzene rings is 5. The van der Waals surface area contributed by atoms with Gasteiger partial charge in [-0.3, -0.25) is 24.4 Å². The van der Waals surface area contributed by atoms with Gasteiger partial charge in [0.05, 0.1) is 175 Å². The molecule has 8 aromatic heterocycles. The number of amides is 3. The molecule has 0 saturated heterocycles. The lowest BCUT2D eigenvalue weighted by atomic mass is 9.98. The summed E-state index contributed by atoms with van der Waals surface area (Å²) in [4.78, 5) is 103. The Bertz CT molecular complexity index is 6790. The topological polar surface area (TPSA) is 347 Å². The first-order chi connectivity index (χ1) is 70.1. The van der Waals surface area contributed by atoms with E-state index in [1.807, 2.05) is 103 Å². The van der Waals surface area contributed by atoms with Gasteiger partial charge in [0.2, 0.25) is 0 Å². The molecule has 0 bridgehead atoms. The van der Waals surface area contributed by atoms with Crippen LogP contribution in [0.2, 0.25) is 5.02 Å². The zero-order chi connectivity index (χ0) is 110. The summed E-state index contributed by atoms with van der Waals surface area (Å²) in [5.41, 5.74) is 16.0. The Morgan fingerprint density at radius 2 is 0.752 bits per heavy atom. The average molecular weight is 2070 g/mol. The minimum atomic E-state index is -0.748. The van der Waals surface area contributed by atoms with Crippen molar-refractivity contribution in [1.82, 2.24) is 60.3 Å². The first kappa shape index (κ1) is 117. The highest BCUT2D eigenvalue weighted by molar-refractivity contribution is 6.34. The maximum absolute atomic E-state index is 14.9. The second-order valence-corrected chi connectivity index (χ2v) is 39.8. The van der Waals surface area contributed by atoms with Gasteiger partial charge in [0.1, 0.15) is 63.7 Å². The third-order valence-electron chi connectivity index (χ3n) is 24.4. The van der Waals surface area contributed by atoms with Gasteiger partial charge in [-0.2, -0.15) is 0 Å². The highest BCUT2D eigenvalue weighted by Crippen LogP contribution is 2.41. The van der Waals surface area contributed by atoms with Crippen LogP contribution in [-0.2, 0) is 45.6 Å². The summed E-state index contributed by atoms with van der Waals surface area (Å²) < 4.78 is 120. The number of ether oxygens (including phenoxy) is 4. The lowest BCUT2D eigenvalue weighted by Crippen LogP contribution is -2.38. The molecule has 0 saturated carbocycles. The molecular formula is C111H129ClF7N19O11. The number of fused-ring (bicyclic) bond motifs is 3. The molecule has 0 fully saturated rings. The molecule has 0 spiro atoms. The van der Waals surface area contributed by atoms with E-state index in [9.17, 15) is 65.3 Å². The molecule has 0 atom stereocenters. The van der Waals surface area contributed by atoms with E-state index in [1.165, 1.54) is 67.9 Å². The van der Waals surface area contributed by atoms with Crippen molar-refractivity contribution in [2.24, 2.45) is 0 Å². The van der Waals surface area contributed by atoms with Gasteiger partial charge >= 0.3 is 11.6 Å². The number of nitrogens with one attached hydrogen (secondary N) is 2. The maximum Gasteiger partial charge on any atom is 0.363 e. The van der Waals surface area contributed by atoms with Crippen molar-refractivity contribution in [2.45, 2.75) is 191 Å². The molecule has 790 valence electrons. The zero-order valence-electron chi connectivity index (χ0n) is 88.7. The lowest BCUT2D eigenvalue weighted by molar-refractivity contribution is -0.389. The number of hydrogen-bond donors (Lipinski definition) is 3. The number of pyridine rings is 8. The normalized spacial score (nSPS) is 12.2. The van der Waals surface area contributed by atoms with Crippen molar-refractivity contribution in [2.75, 3.05) is 89.0 Å². The van der Waals surface area contributed by atoms with Crippen LogP contribution in [0.4, 0.5) is 70.9 Å². The third kappa shape index (κ3) is 30.8. The molecular weight excluding hydrogens is 1940 g/mol. The largest absolute Gasteiger partial charge is 0.497 e. The highest BCUT2D eigenvalue weighted by Gasteiger charge is 2.37. The van der Waals surface area contributed by atoms with E-state index in [2.05, 4.69) is 169 Å². The average Bonchev–Trinajstić information content (AvgIpc) is 1.63. The van der Waals surface area contributed by atoms with Crippen LogP contribution in [0.25, 0.3) is 33.8 Å². The standard InChI is InChI=1S/C33H34F2N4O3.C24H24F2N4O.C22H17ClF2N2O3.C10H15N3O2.C10H17N3.C5H3FN2O2.C5H13N.C2H6/c1-33(2,3)38(4)23-12-11-22(36-17-23)14-21-15-27(31-25(34)8-7-9-26(31)35)37-28-19-39(32(40)30(21)28)18-20-10-13-24(41-5)16-29(20)42-6;1-24(2,3)30(4)16-9-8-15(27-12-16)10-14-11-19(22-17(25)6-5-7-18(22)26)29-20-13-28-23(31)21(14)20;1-29-13-7-6-12(19(8-13)30-2)10-27-11-18-20(22(27)28)14(23)9-17(26-18)21-15(24)4-3-5-16(21)25;1-10(2,3)12(4)8-5-6-9(11-7-8)13(14)15;1-10(2,3)13(4)8-5-6-9(11)12-7-8;6-4-1-2-5(7-3-4)8(9)10;1-5(2,3)6-4;1-2/h7-13,15-17H,14,18-19H2,1-6H3;5-9,11-12H,10,13H2,1-4H3,(H,28,31);3-9H,10-11H2,1-2H3;5-7H,1-4H3;5-7H,1-4H3,(H2,11,12);1-3H;6H,1-4H3;1-2H3. The van der Waals surface area contributed by atoms with Gasteiger partial charge in [0.15, 0.2) is 18.2 Å². The molecule has 30 nitrogen and oxygen atoms in total. The number of aromatic nitrogens is 8. The van der Waals surface area contributed by atoms with Crippen molar-refractivity contribution in [3.05, 3.63) is 334 Å². The van der Waals surface area contributed by atoms with Crippen molar-refractivity contribution < 1.29 is 73.9 Å². The Morgan fingerprint density at radius 3 is 1.07 bits per heavy atom. The molecule has 0 unspecified atom stereocenters. The van der Waals surface area contributed by atoms with Crippen LogP contribution in [0, 0.1) is 60.9 Å². The SMILES string of the molecule is CC.CN(c1ccc(Cc2cc(-c3c(F)cccc3F)nc3c2C(=O)NC3)nc1)C(C)(C)C.CN(c1ccc(N)nc1)C(C)(C)C.CN(c1ccc([N+](=O)[O-])nc1)C(C)(C)C.CNC(C)(C)C.COc1ccc(CN2Cc3nc(-c4c(F)cccc4F)cc(Cc4ccc(N(C)C(C)(C)C)cn4)c3C2=O)c(OC)c1.COc1ccc(CN2Cc3nc(-c4c(F)cccc4F)cc(Cl)c3C2=O)c(OC)c1.O=[N+]([O-])c1ccc(F)cn1. The summed E-state index contributed by atoms with van der Waals surface area (Å²) in [6.07, 6.45) is 8.34. The maximum atomic E-state index is 14.9. The summed E-state index contributed by atoms with van der Waals surface area (Å²) in [5, 5.41) is 26.3. The number of methoxy groups -OCH3 is 4. The van der Waals surface area contributed by atoms with Gasteiger partial charge in [-0.15, -0.1) is 0 Å². The summed E-state index contributed by atoms with van der Waals surface area (Å²) in [5.74, 6) is -3.12. The quantitative estimate of drug-likeness (QED) is 0.0342. The van der Waals surface area contributed by atoms with Crippen LogP contribution in [0.5, 0.6) is 23.0 Å². The molecule has 3 amide bonds. The first-order valence-corrected chi connectivity index (χ1v) is 47.9. The Labute approximate surface area is 870 Å². The summed E-state index contributed by atoms with van der Waals surface area (Å²) in [6.45, 7) is 36.8. The Morgan fingerprint density at radius 1 is 0.416 bits per heavy atom. The fourth-order valence-corrected chi connectivity index (χ4v) is 15.0. The summed E-state index contributed by atoms with van der Waals surface area (Å²) in [6, 6.07) is 42.9. The van der Waals surface area contributed by atoms with Gasteiger partial charge in [0, 0.05) is 116 Å². The van der Waals surface area contributed by atoms with E-state index < -0.39 is 50.6 Å². The molecule has 3 aliphatic rings. The first-order valence-electron chi connectivity index (χ1n) is 47.6. The van der Waals surface area contributed by atoms with Crippen LogP contribution in [0.1, 0.15) is 200 Å². The van der Waals surface area contributed by atoms with E-state index in [1.54, 1.807) is 92.2 Å². The smallest absolute Gasteiger partial charge is 0.363 e. The van der Waals surface area contributed by atoms with Gasteiger partial charge in [-0.1, -0.05) is 43.6 Å². The number of anilines is 5. The highest BCUT2D eigenvalue weighted by atomic mass is 35.5. The Balaban J connectivity index is 0.000000207. The number of rotatable bonds is 21. The number of carbonyl (C=O) groups excluding carboxylic acids is 3. The number of nitro groups is 2. The molecule has 13 aromatic rings. The van der Waals surface area contributed by atoms with Crippen molar-refractivity contribution >= 4 is 69.5 Å². The van der Waals surface area contributed by atoms with Crippen LogP contribution >= 0.6 is 11.6 Å². The van der Waals surface area contributed by atoms with E-state index in [0.29, 0.717) is 86.5 Å². The molecule has 11 heterocycles. The van der Waals surface area contributed by atoms with Gasteiger partial charge < -0.3 is 84.9 Å². The second-order valence-electron chi connectivity index (χ2n) is 39.4. The van der Waals surface area contributed by atoms with E-state index in [4.69, 9.17) is 36.3 Å². The molecule has 0 radical (unpaired) electrons. The molecule has 16 rings (SSSR count). The van der Waals surface area contributed by atoms with Crippen LogP contribution < -0.4 is 54.9 Å². The fraction of sp³-hybridized carbons (Fsp3) is 0.342. The van der Waals surface area contributed by atoms with Gasteiger partial charge in [0.25, 0.3) is 17.7 Å². The minimum absolute atomic E-state index is 0.0299. The molecule has 149 heavy (non-hydrogen) atoms. The molecule has 4 N–H and O–H groups in total. The van der Waals surface area contributed by atoms with Gasteiger partial charge in [-0.25, -0.2) is 50.7 Å². The number of nitrogens with two attached hydrogens (primary N) is 1. The lowest BCUT2D eigenvalue weighted by Gasteiger charge is -2.33. The fourth-order valence-electron chi connectivity index (χ4n) is 14.7. The number of carbonyl (C=O) groups is 3. The number of nitrogen functional groups attached to an aromatic ring is 1. The van der Waals surface area contributed by atoms with Crippen LogP contribution in [0.3, 0.4) is 0 Å². The number of nitrogens with zero attached hydrogens (tertiary/aromatic N) is 16. The van der Waals surface area contributed by atoms with Crippen molar-refractivity contribution in [3.63, 3.8) is 0 Å². The van der Waals surface area contributed by atoms with Crippen molar-refractivity contribution in [3.8, 4) is 56.8 Å². The summed E-state index contributed by atoms with van der Waals surface area (Å²) in [7, 11) is 16.2. The predicted molar refractivity (Wildman–Crippen MR) is 568 cm³/mol. The molecule has 3 aliphatic heterocycles. The Kier molecular flexibility index (Phi) is 39.8. The van der Waals surface area contributed by atoms with E-state index >= 15 is 0 Å². The van der Waals surface area contributed by atoms with Crippen molar-refractivity contribution in [1.29, 1.82) is 0 Å². The molecule has 38 heteroatoms. The third-order valence-corrected chi connectivity index (χ3v) is 24.7. The monoisotopic (exact) mass is 2070 g/mol. The van der Waals surface area contributed by atoms with Crippen LogP contribution in [-0.4, -0.2) is 169 Å². The number of halogens is 8.